The Morgan fingerprint density at radius 3 is 2.93 bits per heavy atom. The summed E-state index contributed by atoms with van der Waals surface area (Å²) in [5.74, 6) is 0.812. The van der Waals surface area contributed by atoms with Gasteiger partial charge in [0.1, 0.15) is 0 Å². The Labute approximate surface area is 104 Å². The number of rotatable bonds is 4. The van der Waals surface area contributed by atoms with Gasteiger partial charge in [0.15, 0.2) is 0 Å². The van der Waals surface area contributed by atoms with E-state index >= 15 is 0 Å². The Balaban J connectivity index is 2.08. The van der Waals surface area contributed by atoms with Crippen molar-refractivity contribution in [3.8, 4) is 0 Å². The Bertz CT molecular complexity index is 355. The molecular weight excluding hydrogens is 270 g/mol. The van der Waals surface area contributed by atoms with Crippen LogP contribution in [0, 0.1) is 5.92 Å². The van der Waals surface area contributed by atoms with Gasteiger partial charge in [-0.05, 0) is 30.5 Å². The van der Waals surface area contributed by atoms with Gasteiger partial charge in [-0.15, -0.1) is 11.8 Å². The van der Waals surface area contributed by atoms with Gasteiger partial charge in [-0.2, -0.15) is 0 Å². The summed E-state index contributed by atoms with van der Waals surface area (Å²) in [4.78, 5) is 1.32. The number of nitrogens with two attached hydrogens (primary N) is 1. The van der Waals surface area contributed by atoms with Crippen molar-refractivity contribution in [3.05, 3.63) is 28.7 Å². The predicted octanol–water partition coefficient (Wildman–Crippen LogP) is 3.67. The standard InChI is InChI=1S/C12H16BrNS/c1-2-9-7-12(9,8-14)15-11-5-3-4-10(13)6-11/h3-6,9H,2,7-8,14H2,1H3. The third kappa shape index (κ3) is 2.40. The molecule has 0 amide bonds. The van der Waals surface area contributed by atoms with Gasteiger partial charge in [0.05, 0.1) is 0 Å². The van der Waals surface area contributed by atoms with Crippen LogP contribution in [0.5, 0.6) is 0 Å². The van der Waals surface area contributed by atoms with Gasteiger partial charge in [-0.1, -0.05) is 35.3 Å². The molecule has 2 N–H and O–H groups in total. The predicted molar refractivity (Wildman–Crippen MR) is 70.2 cm³/mol. The summed E-state index contributed by atoms with van der Waals surface area (Å²) >= 11 is 5.45. The molecule has 0 aromatic heterocycles. The molecular formula is C12H16BrNS. The van der Waals surface area contributed by atoms with Gasteiger partial charge < -0.3 is 5.73 Å². The lowest BCUT2D eigenvalue weighted by atomic mass is 10.2. The summed E-state index contributed by atoms with van der Waals surface area (Å²) in [6.45, 7) is 3.05. The summed E-state index contributed by atoms with van der Waals surface area (Å²) in [6, 6.07) is 8.48. The van der Waals surface area contributed by atoms with Crippen molar-refractivity contribution in [2.24, 2.45) is 11.7 Å². The first-order chi connectivity index (χ1) is 7.20. The molecule has 1 fully saturated rings. The lowest BCUT2D eigenvalue weighted by molar-refractivity contribution is 0.718. The summed E-state index contributed by atoms with van der Waals surface area (Å²) < 4.78 is 1.48. The minimum atomic E-state index is 0.329. The third-order valence-electron chi connectivity index (χ3n) is 3.13. The fourth-order valence-electron chi connectivity index (χ4n) is 2.06. The summed E-state index contributed by atoms with van der Waals surface area (Å²) in [5, 5.41) is 0. The van der Waals surface area contributed by atoms with Crippen molar-refractivity contribution in [1.29, 1.82) is 0 Å². The largest absolute Gasteiger partial charge is 0.329 e. The monoisotopic (exact) mass is 285 g/mol. The highest BCUT2D eigenvalue weighted by Crippen LogP contribution is 2.57. The van der Waals surface area contributed by atoms with Crippen LogP contribution in [0.3, 0.4) is 0 Å². The first-order valence-corrected chi connectivity index (χ1v) is 6.96. The first kappa shape index (κ1) is 11.5. The molecule has 15 heavy (non-hydrogen) atoms. The van der Waals surface area contributed by atoms with Crippen molar-refractivity contribution < 1.29 is 0 Å². The molecule has 1 aromatic rings. The molecule has 2 atom stereocenters. The Morgan fingerprint density at radius 1 is 1.60 bits per heavy atom. The van der Waals surface area contributed by atoms with Crippen molar-refractivity contribution in [1.82, 2.24) is 0 Å². The van der Waals surface area contributed by atoms with Gasteiger partial charge in [0.25, 0.3) is 0 Å². The highest BCUT2D eigenvalue weighted by molar-refractivity contribution is 9.10. The van der Waals surface area contributed by atoms with Crippen LogP contribution in [-0.4, -0.2) is 11.3 Å². The molecule has 1 nitrogen and oxygen atoms in total. The molecule has 1 saturated carbocycles. The van der Waals surface area contributed by atoms with Gasteiger partial charge in [-0.3, -0.25) is 0 Å². The average molecular weight is 286 g/mol. The Kier molecular flexibility index (Phi) is 3.43. The van der Waals surface area contributed by atoms with Crippen molar-refractivity contribution in [2.45, 2.75) is 29.4 Å². The number of halogens is 1. The van der Waals surface area contributed by atoms with Gasteiger partial charge in [0.2, 0.25) is 0 Å². The van der Waals surface area contributed by atoms with Crippen LogP contribution < -0.4 is 5.73 Å². The summed E-state index contributed by atoms with van der Waals surface area (Å²) in [5.41, 5.74) is 5.89. The lowest BCUT2D eigenvalue weighted by Gasteiger charge is -2.14. The van der Waals surface area contributed by atoms with E-state index in [0.717, 1.165) is 16.9 Å². The summed E-state index contributed by atoms with van der Waals surface area (Å²) in [6.07, 6.45) is 2.52. The number of benzene rings is 1. The normalized spacial score (nSPS) is 29.1. The zero-order valence-corrected chi connectivity index (χ0v) is 11.3. The van der Waals surface area contributed by atoms with Crippen LogP contribution >= 0.6 is 27.7 Å². The maximum Gasteiger partial charge on any atom is 0.0361 e. The van der Waals surface area contributed by atoms with E-state index in [1.807, 2.05) is 11.8 Å². The van der Waals surface area contributed by atoms with E-state index in [-0.39, 0.29) is 0 Å². The van der Waals surface area contributed by atoms with E-state index in [4.69, 9.17) is 5.73 Å². The maximum atomic E-state index is 5.89. The molecule has 0 saturated heterocycles. The Morgan fingerprint density at radius 2 is 2.40 bits per heavy atom. The van der Waals surface area contributed by atoms with E-state index in [9.17, 15) is 0 Å². The van der Waals surface area contributed by atoms with Crippen LogP contribution in [-0.2, 0) is 0 Å². The van der Waals surface area contributed by atoms with Gasteiger partial charge >= 0.3 is 0 Å². The highest BCUT2D eigenvalue weighted by Gasteiger charge is 2.52. The molecule has 0 radical (unpaired) electrons. The molecule has 0 spiro atoms. The molecule has 1 aliphatic rings. The molecule has 0 heterocycles. The van der Waals surface area contributed by atoms with E-state index in [2.05, 4.69) is 47.1 Å². The zero-order valence-electron chi connectivity index (χ0n) is 8.87. The van der Waals surface area contributed by atoms with E-state index in [1.54, 1.807) is 0 Å². The molecule has 3 heteroatoms. The molecule has 2 rings (SSSR count). The van der Waals surface area contributed by atoms with Crippen LogP contribution in [0.1, 0.15) is 19.8 Å². The minimum absolute atomic E-state index is 0.329. The highest BCUT2D eigenvalue weighted by atomic mass is 79.9. The molecule has 82 valence electrons. The fraction of sp³-hybridized carbons (Fsp3) is 0.500. The molecule has 0 bridgehead atoms. The topological polar surface area (TPSA) is 26.0 Å². The van der Waals surface area contributed by atoms with E-state index in [1.165, 1.54) is 17.7 Å². The van der Waals surface area contributed by atoms with Crippen LogP contribution in [0.15, 0.2) is 33.6 Å². The quantitative estimate of drug-likeness (QED) is 0.914. The van der Waals surface area contributed by atoms with Crippen molar-refractivity contribution >= 4 is 27.7 Å². The number of thioether (sulfide) groups is 1. The smallest absolute Gasteiger partial charge is 0.0361 e. The molecule has 1 aromatic carbocycles. The number of hydrogen-bond donors (Lipinski definition) is 1. The maximum absolute atomic E-state index is 5.89. The van der Waals surface area contributed by atoms with E-state index < -0.39 is 0 Å². The van der Waals surface area contributed by atoms with Crippen molar-refractivity contribution in [3.63, 3.8) is 0 Å². The van der Waals surface area contributed by atoms with Crippen LogP contribution in [0.2, 0.25) is 0 Å². The second-order valence-corrected chi connectivity index (χ2v) is 6.54. The van der Waals surface area contributed by atoms with Gasteiger partial charge in [0, 0.05) is 20.7 Å². The Hall–Kier alpha value is 0.01000. The SMILES string of the molecule is CCC1CC1(CN)Sc1cccc(Br)c1. The van der Waals surface area contributed by atoms with E-state index in [0.29, 0.717) is 4.75 Å². The minimum Gasteiger partial charge on any atom is -0.329 e. The lowest BCUT2D eigenvalue weighted by Crippen LogP contribution is -2.20. The van der Waals surface area contributed by atoms with Crippen LogP contribution in [0.25, 0.3) is 0 Å². The summed E-state index contributed by atoms with van der Waals surface area (Å²) in [7, 11) is 0. The fourth-order valence-corrected chi connectivity index (χ4v) is 4.11. The second-order valence-electron chi connectivity index (χ2n) is 4.14. The molecule has 1 aliphatic carbocycles. The zero-order chi connectivity index (χ0) is 10.9. The molecule has 2 unspecified atom stereocenters. The third-order valence-corrected chi connectivity index (χ3v) is 5.19. The molecule has 0 aliphatic heterocycles. The number of hydrogen-bond acceptors (Lipinski definition) is 2. The van der Waals surface area contributed by atoms with Crippen molar-refractivity contribution in [2.75, 3.05) is 6.54 Å². The first-order valence-electron chi connectivity index (χ1n) is 5.35. The average Bonchev–Trinajstić information content (AvgIpc) is 2.92. The second kappa shape index (κ2) is 4.48. The van der Waals surface area contributed by atoms with Gasteiger partial charge in [-0.25, -0.2) is 0 Å². The van der Waals surface area contributed by atoms with Crippen LogP contribution in [0.4, 0.5) is 0 Å².